The molecule has 2 N–H and O–H groups in total. The number of carbonyl (C=O) groups excluding carboxylic acids is 1. The summed E-state index contributed by atoms with van der Waals surface area (Å²) in [5.74, 6) is -0.0933. The molecule has 0 atom stereocenters. The first kappa shape index (κ1) is 11.0. The van der Waals surface area contributed by atoms with Crippen LogP contribution >= 0.6 is 15.9 Å². The number of hydrogen-bond donors (Lipinski definition) is 2. The molecule has 3 nitrogen and oxygen atoms in total. The average molecular weight is 279 g/mol. The quantitative estimate of drug-likeness (QED) is 0.834. The standard InChI is InChI=1S/C12H11BrN2O/c1-2-5-14-12(16)10-7-15-11-4-3-8(13)6-9(10)11/h2-4,6-7,15H,1,5H2,(H,14,16). The molecule has 0 unspecified atom stereocenters. The number of aromatic amines is 1. The SMILES string of the molecule is C=CCNC(=O)c1c[nH]c2ccc(Br)cc12. The number of fused-ring (bicyclic) bond motifs is 1. The first-order valence-electron chi connectivity index (χ1n) is 4.88. The average Bonchev–Trinajstić information content (AvgIpc) is 2.68. The predicted molar refractivity (Wildman–Crippen MR) is 68.5 cm³/mol. The third-order valence-electron chi connectivity index (χ3n) is 2.30. The fourth-order valence-corrected chi connectivity index (χ4v) is 1.90. The zero-order valence-corrected chi connectivity index (χ0v) is 10.2. The van der Waals surface area contributed by atoms with E-state index in [2.05, 4.69) is 32.8 Å². The van der Waals surface area contributed by atoms with Crippen molar-refractivity contribution in [3.63, 3.8) is 0 Å². The van der Waals surface area contributed by atoms with Crippen LogP contribution in [0.15, 0.2) is 41.5 Å². The minimum absolute atomic E-state index is 0.0933. The van der Waals surface area contributed by atoms with Crippen LogP contribution in [0.2, 0.25) is 0 Å². The van der Waals surface area contributed by atoms with Crippen LogP contribution in [0.25, 0.3) is 10.9 Å². The lowest BCUT2D eigenvalue weighted by molar-refractivity contribution is 0.0959. The largest absolute Gasteiger partial charge is 0.360 e. The summed E-state index contributed by atoms with van der Waals surface area (Å²) in [5.41, 5.74) is 1.60. The fraction of sp³-hybridized carbons (Fsp3) is 0.0833. The number of halogens is 1. The second-order valence-electron chi connectivity index (χ2n) is 3.39. The van der Waals surface area contributed by atoms with E-state index in [1.807, 2.05) is 18.2 Å². The molecule has 1 amide bonds. The molecule has 0 saturated carbocycles. The zero-order chi connectivity index (χ0) is 11.5. The minimum Gasteiger partial charge on any atom is -0.360 e. The molecule has 0 fully saturated rings. The van der Waals surface area contributed by atoms with Gasteiger partial charge in [0, 0.05) is 28.1 Å². The van der Waals surface area contributed by atoms with Crippen molar-refractivity contribution in [2.24, 2.45) is 0 Å². The number of hydrogen-bond acceptors (Lipinski definition) is 1. The van der Waals surface area contributed by atoms with Crippen molar-refractivity contribution in [3.8, 4) is 0 Å². The van der Waals surface area contributed by atoms with E-state index in [4.69, 9.17) is 0 Å². The summed E-state index contributed by atoms with van der Waals surface area (Å²) in [6.45, 7) is 4.03. The van der Waals surface area contributed by atoms with E-state index in [0.717, 1.165) is 15.4 Å². The number of benzene rings is 1. The second-order valence-corrected chi connectivity index (χ2v) is 4.31. The molecule has 2 rings (SSSR count). The number of aromatic nitrogens is 1. The lowest BCUT2D eigenvalue weighted by atomic mass is 10.1. The maximum absolute atomic E-state index is 11.8. The third kappa shape index (κ3) is 2.02. The van der Waals surface area contributed by atoms with Gasteiger partial charge in [-0.1, -0.05) is 22.0 Å². The maximum Gasteiger partial charge on any atom is 0.253 e. The van der Waals surface area contributed by atoms with Gasteiger partial charge in [0.15, 0.2) is 0 Å². The molecule has 1 aromatic carbocycles. The van der Waals surface area contributed by atoms with Crippen LogP contribution in [0.5, 0.6) is 0 Å². The van der Waals surface area contributed by atoms with Gasteiger partial charge >= 0.3 is 0 Å². The highest BCUT2D eigenvalue weighted by Crippen LogP contribution is 2.22. The number of nitrogens with one attached hydrogen (secondary N) is 2. The van der Waals surface area contributed by atoms with Crippen molar-refractivity contribution in [3.05, 3.63) is 47.1 Å². The van der Waals surface area contributed by atoms with Gasteiger partial charge in [0.05, 0.1) is 5.56 Å². The fourth-order valence-electron chi connectivity index (χ4n) is 1.54. The molecule has 0 aliphatic rings. The van der Waals surface area contributed by atoms with Crippen molar-refractivity contribution in [2.75, 3.05) is 6.54 Å². The summed E-state index contributed by atoms with van der Waals surface area (Å²) in [6, 6.07) is 5.79. The number of rotatable bonds is 3. The van der Waals surface area contributed by atoms with E-state index in [0.29, 0.717) is 12.1 Å². The van der Waals surface area contributed by atoms with Gasteiger partial charge in [-0.15, -0.1) is 6.58 Å². The zero-order valence-electron chi connectivity index (χ0n) is 8.59. The topological polar surface area (TPSA) is 44.9 Å². The first-order valence-corrected chi connectivity index (χ1v) is 5.67. The van der Waals surface area contributed by atoms with Crippen LogP contribution in [-0.4, -0.2) is 17.4 Å². The van der Waals surface area contributed by atoms with E-state index in [1.54, 1.807) is 12.3 Å². The van der Waals surface area contributed by atoms with Gasteiger partial charge in [0.25, 0.3) is 5.91 Å². The Morgan fingerprint density at radius 1 is 1.56 bits per heavy atom. The molecular weight excluding hydrogens is 268 g/mol. The Kier molecular flexibility index (Phi) is 3.10. The van der Waals surface area contributed by atoms with Crippen LogP contribution in [0.3, 0.4) is 0 Å². The van der Waals surface area contributed by atoms with E-state index in [-0.39, 0.29) is 5.91 Å². The summed E-state index contributed by atoms with van der Waals surface area (Å²) < 4.78 is 0.956. The van der Waals surface area contributed by atoms with Gasteiger partial charge in [0.2, 0.25) is 0 Å². The van der Waals surface area contributed by atoms with E-state index >= 15 is 0 Å². The molecule has 0 bridgehead atoms. The molecule has 0 aliphatic heterocycles. The van der Waals surface area contributed by atoms with E-state index in [9.17, 15) is 4.79 Å². The molecule has 2 aromatic rings. The van der Waals surface area contributed by atoms with Crippen LogP contribution in [-0.2, 0) is 0 Å². The van der Waals surface area contributed by atoms with Gasteiger partial charge < -0.3 is 10.3 Å². The van der Waals surface area contributed by atoms with Crippen molar-refractivity contribution in [1.29, 1.82) is 0 Å². The lowest BCUT2D eigenvalue weighted by Gasteiger charge is -2.00. The number of H-pyrrole nitrogens is 1. The summed E-state index contributed by atoms with van der Waals surface area (Å²) in [4.78, 5) is 14.9. The van der Waals surface area contributed by atoms with Crippen molar-refractivity contribution < 1.29 is 4.79 Å². The van der Waals surface area contributed by atoms with Gasteiger partial charge in [-0.2, -0.15) is 0 Å². The summed E-state index contributed by atoms with van der Waals surface area (Å²) in [5, 5.41) is 3.67. The van der Waals surface area contributed by atoms with Gasteiger partial charge in [-0.3, -0.25) is 4.79 Å². The molecule has 0 saturated heterocycles. The predicted octanol–water partition coefficient (Wildman–Crippen LogP) is 2.85. The van der Waals surface area contributed by atoms with E-state index < -0.39 is 0 Å². The van der Waals surface area contributed by atoms with Gasteiger partial charge in [-0.25, -0.2) is 0 Å². The highest BCUT2D eigenvalue weighted by Gasteiger charge is 2.10. The summed E-state index contributed by atoms with van der Waals surface area (Å²) >= 11 is 3.39. The monoisotopic (exact) mass is 278 g/mol. The Morgan fingerprint density at radius 2 is 2.38 bits per heavy atom. The van der Waals surface area contributed by atoms with Crippen molar-refractivity contribution in [1.82, 2.24) is 10.3 Å². The molecule has 1 heterocycles. The van der Waals surface area contributed by atoms with Crippen LogP contribution in [0.4, 0.5) is 0 Å². The molecule has 4 heteroatoms. The molecule has 0 spiro atoms. The molecule has 16 heavy (non-hydrogen) atoms. The highest BCUT2D eigenvalue weighted by molar-refractivity contribution is 9.10. The van der Waals surface area contributed by atoms with Gasteiger partial charge in [-0.05, 0) is 18.2 Å². The van der Waals surface area contributed by atoms with Gasteiger partial charge in [0.1, 0.15) is 0 Å². The molecule has 1 aromatic heterocycles. The minimum atomic E-state index is -0.0933. The smallest absolute Gasteiger partial charge is 0.253 e. The third-order valence-corrected chi connectivity index (χ3v) is 2.79. The second kappa shape index (κ2) is 4.53. The molecular formula is C12H11BrN2O. The van der Waals surface area contributed by atoms with Crippen molar-refractivity contribution in [2.45, 2.75) is 0 Å². The number of amides is 1. The Balaban J connectivity index is 2.40. The van der Waals surface area contributed by atoms with Crippen LogP contribution in [0.1, 0.15) is 10.4 Å². The molecule has 0 radical (unpaired) electrons. The van der Waals surface area contributed by atoms with Crippen LogP contribution < -0.4 is 5.32 Å². The summed E-state index contributed by atoms with van der Waals surface area (Å²) in [7, 11) is 0. The molecule has 82 valence electrons. The number of carbonyl (C=O) groups is 1. The molecule has 0 aliphatic carbocycles. The first-order chi connectivity index (χ1) is 7.72. The maximum atomic E-state index is 11.8. The Labute approximate surface area is 102 Å². The lowest BCUT2D eigenvalue weighted by Crippen LogP contribution is -2.22. The highest BCUT2D eigenvalue weighted by atomic mass is 79.9. The Bertz CT molecular complexity index is 545. The van der Waals surface area contributed by atoms with E-state index in [1.165, 1.54) is 0 Å². The van der Waals surface area contributed by atoms with Crippen LogP contribution in [0, 0.1) is 0 Å². The Hall–Kier alpha value is -1.55. The summed E-state index contributed by atoms with van der Waals surface area (Å²) in [6.07, 6.45) is 3.37. The normalized spacial score (nSPS) is 10.3. The van der Waals surface area contributed by atoms with Crippen molar-refractivity contribution >= 4 is 32.7 Å². The Morgan fingerprint density at radius 3 is 3.12 bits per heavy atom.